The van der Waals surface area contributed by atoms with Gasteiger partial charge < -0.3 is 14.0 Å². The van der Waals surface area contributed by atoms with Gasteiger partial charge in [-0.1, -0.05) is 96.7 Å². The Kier molecular flexibility index (Phi) is 7.05. The van der Waals surface area contributed by atoms with Gasteiger partial charge in [-0.25, -0.2) is 4.39 Å². The summed E-state index contributed by atoms with van der Waals surface area (Å²) in [6.07, 6.45) is 4.24. The molecule has 5 aromatic carbocycles. The van der Waals surface area contributed by atoms with Crippen LogP contribution in [0.15, 0.2) is 138 Å². The summed E-state index contributed by atoms with van der Waals surface area (Å²) < 4.78 is 65.2. The van der Waals surface area contributed by atoms with Crippen LogP contribution in [0.3, 0.4) is 0 Å². The Bertz CT molecular complexity index is 2390. The maximum Gasteiger partial charge on any atom is 0.113 e. The first-order valence-electron chi connectivity index (χ1n) is 17.2. The number of furan rings is 1. The zero-order valence-electron chi connectivity index (χ0n) is 30.2. The molecule has 4 nitrogen and oxygen atoms in total. The Balaban J connectivity index is 0.000000193. The van der Waals surface area contributed by atoms with Gasteiger partial charge >= 0.3 is 0 Å². The molecule has 46 heavy (non-hydrogen) atoms. The van der Waals surface area contributed by atoms with Crippen LogP contribution in [0.1, 0.15) is 19.4 Å². The number of aryl methyl sites for hydroxylation is 2. The van der Waals surface area contributed by atoms with E-state index in [1.54, 1.807) is 18.2 Å². The van der Waals surface area contributed by atoms with Crippen LogP contribution in [-0.4, -0.2) is 14.5 Å². The zero-order chi connectivity index (χ0) is 35.8. The molecule has 0 aliphatic carbocycles. The summed E-state index contributed by atoms with van der Waals surface area (Å²) in [5, 5.41) is 0.650. The number of hydrogen-bond donors (Lipinski definition) is 0. The normalized spacial score (nSPS) is 13.2. The molecule has 8 aromatic rings. The van der Waals surface area contributed by atoms with Crippen LogP contribution < -0.4 is 0 Å². The van der Waals surface area contributed by atoms with E-state index in [4.69, 9.17) is 17.6 Å². The Hall–Kier alpha value is -5.16. The van der Waals surface area contributed by atoms with Gasteiger partial charge in [0.05, 0.1) is 16.9 Å². The molecule has 6 heteroatoms. The van der Waals surface area contributed by atoms with Crippen molar-refractivity contribution in [1.29, 1.82) is 0 Å². The largest absolute Gasteiger partial charge is 0.557 e. The summed E-state index contributed by atoms with van der Waals surface area (Å²) in [6, 6.07) is 41.4. The van der Waals surface area contributed by atoms with Gasteiger partial charge in [-0.15, -0.1) is 35.4 Å². The van der Waals surface area contributed by atoms with Gasteiger partial charge in [-0.2, -0.15) is 0 Å². The van der Waals surface area contributed by atoms with E-state index in [0.29, 0.717) is 33.6 Å². The number of pyridine rings is 1. The van der Waals surface area contributed by atoms with Crippen LogP contribution in [0.4, 0.5) is 4.39 Å². The average molecular weight is 784 g/mol. The molecule has 3 heterocycles. The van der Waals surface area contributed by atoms with Crippen LogP contribution in [0.25, 0.3) is 61.5 Å². The van der Waals surface area contributed by atoms with Crippen molar-refractivity contribution in [2.75, 3.05) is 0 Å². The quantitative estimate of drug-likeness (QED) is 0.167. The third-order valence-electron chi connectivity index (χ3n) is 7.34. The minimum atomic E-state index is -2.18. The first kappa shape index (κ1) is 24.1. The molecule has 0 saturated carbocycles. The molecule has 0 spiro atoms. The number of fused-ring (bicyclic) bond motifs is 2. The van der Waals surface area contributed by atoms with Gasteiger partial charge in [-0.05, 0) is 59.6 Å². The van der Waals surface area contributed by atoms with Gasteiger partial charge in [0.25, 0.3) is 0 Å². The van der Waals surface area contributed by atoms with E-state index in [0.717, 1.165) is 27.8 Å². The van der Waals surface area contributed by atoms with Crippen LogP contribution in [0, 0.1) is 31.9 Å². The fourth-order valence-corrected chi connectivity index (χ4v) is 5.14. The van der Waals surface area contributed by atoms with E-state index >= 15 is 0 Å². The molecule has 0 amide bonds. The molecule has 0 atom stereocenters. The van der Waals surface area contributed by atoms with Crippen LogP contribution in [0.5, 0.6) is 0 Å². The molecule has 1 radical (unpaired) electrons. The van der Waals surface area contributed by atoms with Crippen molar-refractivity contribution >= 4 is 22.0 Å². The summed E-state index contributed by atoms with van der Waals surface area (Å²) in [5.74, 6) is 0.344. The third-order valence-corrected chi connectivity index (χ3v) is 7.34. The first-order chi connectivity index (χ1) is 24.5. The monoisotopic (exact) mass is 784 g/mol. The summed E-state index contributed by atoms with van der Waals surface area (Å²) in [4.78, 5) is 8.92. The Morgan fingerprint density at radius 3 is 2.28 bits per heavy atom. The topological polar surface area (TPSA) is 43.9 Å². The molecule has 0 unspecified atom stereocenters. The van der Waals surface area contributed by atoms with Crippen LogP contribution in [0.2, 0.25) is 0 Å². The zero-order valence-corrected chi connectivity index (χ0v) is 26.6. The second-order valence-corrected chi connectivity index (χ2v) is 10.3. The summed E-state index contributed by atoms with van der Waals surface area (Å²) in [7, 11) is 0. The predicted octanol–water partition coefficient (Wildman–Crippen LogP) is 10.2. The second kappa shape index (κ2) is 13.5. The van der Waals surface area contributed by atoms with E-state index in [2.05, 4.69) is 58.3 Å². The molecule has 0 N–H and O–H groups in total. The maximum atomic E-state index is 14.0. The Labute approximate surface area is 289 Å². The van der Waals surface area contributed by atoms with Crippen molar-refractivity contribution < 1.29 is 37.1 Å². The SMILES string of the molecule is Fc1ccc2o[c-]c(-c3nc4ccccc4n3-c3ccc(-c4ccccc4)cc3)c2c1.[2H]C([2H])([2H])c1c[c-]c(-c2ccc(C([2H])([2H])[2H])cn2)cc1.[Ir]. The molecular formula is C40H28FIrN3O-2. The third kappa shape index (κ3) is 6.32. The second-order valence-electron chi connectivity index (χ2n) is 10.3. The van der Waals surface area contributed by atoms with Crippen molar-refractivity contribution in [3.8, 4) is 39.5 Å². The molecular weight excluding hydrogens is 750 g/mol. The molecule has 0 aliphatic heterocycles. The van der Waals surface area contributed by atoms with E-state index in [1.807, 2.05) is 42.5 Å². The number of imidazole rings is 1. The van der Waals surface area contributed by atoms with Crippen molar-refractivity contribution in [2.45, 2.75) is 13.7 Å². The van der Waals surface area contributed by atoms with Gasteiger partial charge in [-0.3, -0.25) is 4.98 Å². The fourth-order valence-electron chi connectivity index (χ4n) is 5.14. The van der Waals surface area contributed by atoms with Gasteiger partial charge in [0, 0.05) is 52.1 Å². The Morgan fingerprint density at radius 2 is 1.54 bits per heavy atom. The van der Waals surface area contributed by atoms with E-state index in [-0.39, 0.29) is 37.0 Å². The number of halogens is 1. The van der Waals surface area contributed by atoms with Crippen LogP contribution in [-0.2, 0) is 20.1 Å². The summed E-state index contributed by atoms with van der Waals surface area (Å²) in [6.45, 7) is -4.34. The molecule has 0 bridgehead atoms. The van der Waals surface area contributed by atoms with Crippen molar-refractivity contribution in [3.05, 3.63) is 163 Å². The number of aromatic nitrogens is 3. The van der Waals surface area contributed by atoms with Gasteiger partial charge in [0.1, 0.15) is 5.82 Å². The number of para-hydroxylation sites is 2. The molecule has 8 rings (SSSR count). The van der Waals surface area contributed by atoms with E-state index in [1.165, 1.54) is 36.5 Å². The van der Waals surface area contributed by atoms with Crippen molar-refractivity contribution in [2.24, 2.45) is 0 Å². The standard InChI is InChI=1S/C27H16FN2O.C13H12N.Ir/c28-20-12-15-26-22(16-20)23(17-31-26)27-29-24-8-4-5-9-25(24)30(27)21-13-10-19(11-14-21)18-6-2-1-3-7-18;1-10-3-6-12(7-4-10)13-8-5-11(2)9-14-13;/h1-16H;3-6,8-9H,1-2H3;/q2*-1;/i;1D3,2D3;. The molecule has 227 valence electrons. The fraction of sp³-hybridized carbons (Fsp3) is 0.0500. The predicted molar refractivity (Wildman–Crippen MR) is 178 cm³/mol. The smallest absolute Gasteiger partial charge is 0.113 e. The molecule has 3 aromatic heterocycles. The number of hydrogen-bond acceptors (Lipinski definition) is 3. The number of rotatable bonds is 4. The summed E-state index contributed by atoms with van der Waals surface area (Å²) >= 11 is 0. The van der Waals surface area contributed by atoms with Crippen LogP contribution >= 0.6 is 0 Å². The minimum absolute atomic E-state index is 0. The molecule has 0 fully saturated rings. The average Bonchev–Trinajstić information content (AvgIpc) is 3.73. The van der Waals surface area contributed by atoms with Crippen molar-refractivity contribution in [3.63, 3.8) is 0 Å². The van der Waals surface area contributed by atoms with E-state index in [9.17, 15) is 4.39 Å². The molecule has 0 saturated heterocycles. The Morgan fingerprint density at radius 1 is 0.783 bits per heavy atom. The minimum Gasteiger partial charge on any atom is -0.557 e. The number of nitrogens with zero attached hydrogens (tertiary/aromatic N) is 3. The number of benzene rings is 5. The molecule has 0 aliphatic rings. The van der Waals surface area contributed by atoms with Gasteiger partial charge in [0.2, 0.25) is 0 Å². The van der Waals surface area contributed by atoms with Crippen molar-refractivity contribution in [1.82, 2.24) is 14.5 Å². The first-order valence-corrected chi connectivity index (χ1v) is 14.2. The van der Waals surface area contributed by atoms with Gasteiger partial charge in [0.15, 0.2) is 0 Å². The van der Waals surface area contributed by atoms with E-state index < -0.39 is 13.7 Å². The maximum absolute atomic E-state index is 14.0. The summed E-state index contributed by atoms with van der Waals surface area (Å²) in [5.41, 5.74) is 7.83.